The molecule has 0 aliphatic heterocycles. The smallest absolute Gasteiger partial charge is 0.131 e. The molecular formula is C15H15FO. The minimum Gasteiger partial charge on any atom is -0.392 e. The van der Waals surface area contributed by atoms with Crippen molar-refractivity contribution in [3.05, 3.63) is 47.8 Å². The van der Waals surface area contributed by atoms with Gasteiger partial charge < -0.3 is 5.11 Å². The van der Waals surface area contributed by atoms with Crippen molar-refractivity contribution in [2.75, 3.05) is 0 Å². The molecule has 2 aromatic rings. The summed E-state index contributed by atoms with van der Waals surface area (Å²) >= 11 is 0. The normalized spacial score (nSPS) is 19.2. The highest BCUT2D eigenvalue weighted by atomic mass is 19.1. The summed E-state index contributed by atoms with van der Waals surface area (Å²) in [5.74, 6) is -0.189. The van der Waals surface area contributed by atoms with E-state index < -0.39 is 0 Å². The van der Waals surface area contributed by atoms with Gasteiger partial charge in [0.1, 0.15) is 5.82 Å². The summed E-state index contributed by atoms with van der Waals surface area (Å²) in [6.07, 6.45) is 1.59. The van der Waals surface area contributed by atoms with E-state index in [0.29, 0.717) is 5.39 Å². The Balaban J connectivity index is 2.28. The molecule has 0 heterocycles. The van der Waals surface area contributed by atoms with Crippen molar-refractivity contribution in [3.8, 4) is 0 Å². The van der Waals surface area contributed by atoms with Gasteiger partial charge in [0.25, 0.3) is 0 Å². The molecule has 0 bridgehead atoms. The average Bonchev–Trinajstić information content (AvgIpc) is 3.11. The first kappa shape index (κ1) is 10.7. The average molecular weight is 230 g/mol. The van der Waals surface area contributed by atoms with Gasteiger partial charge in [-0.3, -0.25) is 0 Å². The van der Waals surface area contributed by atoms with E-state index in [1.54, 1.807) is 6.07 Å². The third-order valence-electron chi connectivity index (χ3n) is 4.00. The van der Waals surface area contributed by atoms with E-state index in [0.717, 1.165) is 23.8 Å². The molecular weight excluding hydrogens is 215 g/mol. The predicted molar refractivity (Wildman–Crippen MR) is 66.5 cm³/mol. The van der Waals surface area contributed by atoms with E-state index in [2.05, 4.69) is 0 Å². The Morgan fingerprint density at radius 3 is 2.35 bits per heavy atom. The van der Waals surface area contributed by atoms with Crippen molar-refractivity contribution in [2.24, 2.45) is 0 Å². The van der Waals surface area contributed by atoms with Crippen LogP contribution in [0.15, 0.2) is 36.4 Å². The molecule has 1 nitrogen and oxygen atoms in total. The van der Waals surface area contributed by atoms with Crippen LogP contribution in [0.25, 0.3) is 10.8 Å². The van der Waals surface area contributed by atoms with E-state index >= 15 is 0 Å². The van der Waals surface area contributed by atoms with Gasteiger partial charge in [0, 0.05) is 10.8 Å². The SMILES string of the molecule is CC(O)C1(c2ccc(F)c3ccccc23)CC1. The van der Waals surface area contributed by atoms with Crippen LogP contribution in [0, 0.1) is 5.82 Å². The molecule has 0 spiro atoms. The first-order chi connectivity index (χ1) is 8.15. The second-order valence-corrected chi connectivity index (χ2v) is 4.97. The molecule has 17 heavy (non-hydrogen) atoms. The van der Waals surface area contributed by atoms with Crippen molar-refractivity contribution in [1.82, 2.24) is 0 Å². The topological polar surface area (TPSA) is 20.2 Å². The lowest BCUT2D eigenvalue weighted by molar-refractivity contribution is 0.151. The number of hydrogen-bond donors (Lipinski definition) is 1. The lowest BCUT2D eigenvalue weighted by Gasteiger charge is -2.21. The molecule has 1 aliphatic rings. The molecule has 1 atom stereocenters. The summed E-state index contributed by atoms with van der Waals surface area (Å²) in [6.45, 7) is 1.82. The molecule has 0 radical (unpaired) electrons. The van der Waals surface area contributed by atoms with Gasteiger partial charge in [0.05, 0.1) is 6.10 Å². The van der Waals surface area contributed by atoms with Gasteiger partial charge in [-0.25, -0.2) is 4.39 Å². The predicted octanol–water partition coefficient (Wildman–Crippen LogP) is 3.39. The van der Waals surface area contributed by atoms with E-state index in [4.69, 9.17) is 0 Å². The number of aliphatic hydroxyl groups is 1. The molecule has 2 aromatic carbocycles. The maximum atomic E-state index is 13.7. The zero-order valence-electron chi connectivity index (χ0n) is 9.78. The molecule has 1 unspecified atom stereocenters. The third kappa shape index (κ3) is 1.48. The Morgan fingerprint density at radius 1 is 1.12 bits per heavy atom. The van der Waals surface area contributed by atoms with Crippen molar-refractivity contribution in [1.29, 1.82) is 0 Å². The molecule has 88 valence electrons. The van der Waals surface area contributed by atoms with Crippen LogP contribution < -0.4 is 0 Å². The lowest BCUT2D eigenvalue weighted by atomic mass is 9.87. The maximum absolute atomic E-state index is 13.7. The minimum absolute atomic E-state index is 0.146. The number of benzene rings is 2. The van der Waals surface area contributed by atoms with E-state index in [-0.39, 0.29) is 17.3 Å². The first-order valence-electron chi connectivity index (χ1n) is 6.01. The molecule has 0 aromatic heterocycles. The third-order valence-corrected chi connectivity index (χ3v) is 4.00. The van der Waals surface area contributed by atoms with Crippen molar-refractivity contribution >= 4 is 10.8 Å². The van der Waals surface area contributed by atoms with Crippen LogP contribution in [0.1, 0.15) is 25.3 Å². The summed E-state index contributed by atoms with van der Waals surface area (Å²) in [5.41, 5.74) is 0.942. The highest BCUT2D eigenvalue weighted by Gasteiger charge is 2.49. The van der Waals surface area contributed by atoms with Gasteiger partial charge in [-0.1, -0.05) is 30.3 Å². The van der Waals surface area contributed by atoms with Gasteiger partial charge in [-0.05, 0) is 36.8 Å². The van der Waals surface area contributed by atoms with E-state index in [1.165, 1.54) is 6.07 Å². The van der Waals surface area contributed by atoms with Crippen LogP contribution in [0.4, 0.5) is 4.39 Å². The maximum Gasteiger partial charge on any atom is 0.131 e. The molecule has 1 aliphatic carbocycles. The number of aliphatic hydroxyl groups excluding tert-OH is 1. The Hall–Kier alpha value is -1.41. The summed E-state index contributed by atoms with van der Waals surface area (Å²) < 4.78 is 13.7. The molecule has 0 amide bonds. The van der Waals surface area contributed by atoms with Crippen LogP contribution in [0.5, 0.6) is 0 Å². The monoisotopic (exact) mass is 230 g/mol. The summed E-state index contributed by atoms with van der Waals surface area (Å²) in [7, 11) is 0. The molecule has 0 saturated heterocycles. The standard InChI is InChI=1S/C15H15FO/c1-10(17)15(8-9-15)13-6-7-14(16)12-5-3-2-4-11(12)13/h2-7,10,17H,8-9H2,1H3. The quantitative estimate of drug-likeness (QED) is 0.838. The fourth-order valence-electron chi connectivity index (χ4n) is 2.74. The van der Waals surface area contributed by atoms with Crippen LogP contribution in [0.3, 0.4) is 0 Å². The Morgan fingerprint density at radius 2 is 1.76 bits per heavy atom. The van der Waals surface area contributed by atoms with Crippen LogP contribution >= 0.6 is 0 Å². The highest BCUT2D eigenvalue weighted by Crippen LogP contribution is 2.52. The molecule has 2 heteroatoms. The van der Waals surface area contributed by atoms with Crippen molar-refractivity contribution < 1.29 is 9.50 Å². The first-order valence-corrected chi connectivity index (χ1v) is 6.01. The fraction of sp³-hybridized carbons (Fsp3) is 0.333. The van der Waals surface area contributed by atoms with Gasteiger partial charge >= 0.3 is 0 Å². The van der Waals surface area contributed by atoms with Gasteiger partial charge in [0.15, 0.2) is 0 Å². The molecule has 1 fully saturated rings. The fourth-order valence-corrected chi connectivity index (χ4v) is 2.74. The summed E-state index contributed by atoms with van der Waals surface area (Å²) in [5, 5.41) is 11.5. The van der Waals surface area contributed by atoms with E-state index in [1.807, 2.05) is 31.2 Å². The lowest BCUT2D eigenvalue weighted by Crippen LogP contribution is -2.22. The molecule has 1 saturated carbocycles. The number of rotatable bonds is 2. The van der Waals surface area contributed by atoms with Crippen LogP contribution in [-0.4, -0.2) is 11.2 Å². The second-order valence-electron chi connectivity index (χ2n) is 4.97. The second kappa shape index (κ2) is 3.54. The van der Waals surface area contributed by atoms with Crippen molar-refractivity contribution in [3.63, 3.8) is 0 Å². The van der Waals surface area contributed by atoms with Crippen molar-refractivity contribution in [2.45, 2.75) is 31.3 Å². The van der Waals surface area contributed by atoms with Gasteiger partial charge in [0.2, 0.25) is 0 Å². The van der Waals surface area contributed by atoms with Gasteiger partial charge in [-0.15, -0.1) is 0 Å². The Bertz CT molecular complexity index is 570. The zero-order valence-corrected chi connectivity index (χ0v) is 9.78. The Labute approximate surface area is 99.9 Å². The summed E-state index contributed by atoms with van der Waals surface area (Å²) in [4.78, 5) is 0. The minimum atomic E-state index is -0.378. The number of hydrogen-bond acceptors (Lipinski definition) is 1. The number of fused-ring (bicyclic) bond motifs is 1. The molecule has 1 N–H and O–H groups in total. The zero-order chi connectivity index (χ0) is 12.0. The van der Waals surface area contributed by atoms with Crippen LogP contribution in [0.2, 0.25) is 0 Å². The van der Waals surface area contributed by atoms with Crippen LogP contribution in [-0.2, 0) is 5.41 Å². The van der Waals surface area contributed by atoms with Gasteiger partial charge in [-0.2, -0.15) is 0 Å². The highest BCUT2D eigenvalue weighted by molar-refractivity contribution is 5.87. The Kier molecular flexibility index (Phi) is 2.23. The summed E-state index contributed by atoms with van der Waals surface area (Å²) in [6, 6.07) is 10.8. The number of halogens is 1. The largest absolute Gasteiger partial charge is 0.392 e. The molecule has 3 rings (SSSR count). The van der Waals surface area contributed by atoms with E-state index in [9.17, 15) is 9.50 Å².